The molecule has 444 valence electrons. The van der Waals surface area contributed by atoms with Gasteiger partial charge in [0.1, 0.15) is 13.2 Å². The van der Waals surface area contributed by atoms with Crippen LogP contribution >= 0.6 is 0 Å². The number of ether oxygens (including phenoxy) is 3. The fraction of sp³-hybridized carbons (Fsp3) is 0.843. The molecule has 0 aliphatic rings. The van der Waals surface area contributed by atoms with Crippen LogP contribution in [0.1, 0.15) is 361 Å². The first-order chi connectivity index (χ1) is 37.5. The van der Waals surface area contributed by atoms with Gasteiger partial charge in [-0.2, -0.15) is 0 Å². The highest BCUT2D eigenvalue weighted by atomic mass is 16.6. The number of esters is 3. The van der Waals surface area contributed by atoms with E-state index in [9.17, 15) is 14.4 Å². The number of hydrogen-bond acceptors (Lipinski definition) is 6. The Kier molecular flexibility index (Phi) is 62.6. The molecule has 0 aliphatic heterocycles. The van der Waals surface area contributed by atoms with Crippen molar-refractivity contribution < 1.29 is 28.6 Å². The molecule has 0 aromatic heterocycles. The van der Waals surface area contributed by atoms with Crippen molar-refractivity contribution in [3.8, 4) is 0 Å². The van der Waals surface area contributed by atoms with Crippen molar-refractivity contribution in [2.75, 3.05) is 13.2 Å². The third-order valence-corrected chi connectivity index (χ3v) is 15.1. The molecular formula is C70H128O6. The lowest BCUT2D eigenvalue weighted by molar-refractivity contribution is -0.167. The highest BCUT2D eigenvalue weighted by Crippen LogP contribution is 2.18. The minimum atomic E-state index is -0.779. The maximum absolute atomic E-state index is 12.9. The first kappa shape index (κ1) is 73.4. The van der Waals surface area contributed by atoms with Gasteiger partial charge in [-0.05, 0) is 83.5 Å². The first-order valence-electron chi connectivity index (χ1n) is 33.6. The SMILES string of the molecule is CCCCC/C=C\C/C=C\CCCCCCCC(=O)OCC(COC(=O)CCCCCCCCCCCCC/C=C\C/C=C\CCCCCCC)OC(=O)CCCCCCCCCCCCCCCCCCCCCC. The Morgan fingerprint density at radius 3 is 0.750 bits per heavy atom. The van der Waals surface area contributed by atoms with E-state index in [1.807, 2.05) is 0 Å². The Bertz CT molecular complexity index is 1310. The van der Waals surface area contributed by atoms with Crippen molar-refractivity contribution in [3.05, 3.63) is 48.6 Å². The largest absolute Gasteiger partial charge is 0.462 e. The molecular weight excluding hydrogens is 937 g/mol. The zero-order valence-corrected chi connectivity index (χ0v) is 51.0. The fourth-order valence-electron chi connectivity index (χ4n) is 9.98. The molecule has 0 aromatic carbocycles. The molecule has 6 nitrogen and oxygen atoms in total. The Hall–Kier alpha value is -2.63. The average molecular weight is 1070 g/mol. The van der Waals surface area contributed by atoms with Crippen LogP contribution in [-0.2, 0) is 28.6 Å². The molecule has 0 rings (SSSR count). The second-order valence-electron chi connectivity index (χ2n) is 22.7. The van der Waals surface area contributed by atoms with Gasteiger partial charge in [0.2, 0.25) is 0 Å². The van der Waals surface area contributed by atoms with Gasteiger partial charge in [0.25, 0.3) is 0 Å². The van der Waals surface area contributed by atoms with E-state index in [0.29, 0.717) is 19.3 Å². The topological polar surface area (TPSA) is 78.9 Å². The van der Waals surface area contributed by atoms with E-state index in [1.165, 1.54) is 238 Å². The summed E-state index contributed by atoms with van der Waals surface area (Å²) >= 11 is 0. The molecule has 6 heteroatoms. The van der Waals surface area contributed by atoms with Crippen molar-refractivity contribution in [1.29, 1.82) is 0 Å². The number of carbonyl (C=O) groups excluding carboxylic acids is 3. The first-order valence-corrected chi connectivity index (χ1v) is 33.6. The lowest BCUT2D eigenvalue weighted by Crippen LogP contribution is -2.30. The summed E-state index contributed by atoms with van der Waals surface area (Å²) in [5.74, 6) is -0.867. The van der Waals surface area contributed by atoms with Crippen LogP contribution in [0.4, 0.5) is 0 Å². The molecule has 0 N–H and O–H groups in total. The van der Waals surface area contributed by atoms with Crippen LogP contribution in [-0.4, -0.2) is 37.2 Å². The Morgan fingerprint density at radius 1 is 0.263 bits per heavy atom. The lowest BCUT2D eigenvalue weighted by atomic mass is 10.0. The van der Waals surface area contributed by atoms with Crippen LogP contribution in [0.25, 0.3) is 0 Å². The molecule has 0 amide bonds. The van der Waals surface area contributed by atoms with Gasteiger partial charge in [0.15, 0.2) is 6.10 Å². The summed E-state index contributed by atoms with van der Waals surface area (Å²) in [5.41, 5.74) is 0. The van der Waals surface area contributed by atoms with Crippen molar-refractivity contribution >= 4 is 17.9 Å². The van der Waals surface area contributed by atoms with Gasteiger partial charge in [0.05, 0.1) is 0 Å². The average Bonchev–Trinajstić information content (AvgIpc) is 3.42. The monoisotopic (exact) mass is 1060 g/mol. The van der Waals surface area contributed by atoms with E-state index >= 15 is 0 Å². The van der Waals surface area contributed by atoms with Crippen LogP contribution in [0.5, 0.6) is 0 Å². The zero-order chi connectivity index (χ0) is 55.0. The van der Waals surface area contributed by atoms with Crippen LogP contribution in [0.3, 0.4) is 0 Å². The molecule has 0 fully saturated rings. The van der Waals surface area contributed by atoms with Crippen molar-refractivity contribution in [2.45, 2.75) is 367 Å². The highest BCUT2D eigenvalue weighted by molar-refractivity contribution is 5.71. The van der Waals surface area contributed by atoms with Crippen molar-refractivity contribution in [1.82, 2.24) is 0 Å². The fourth-order valence-corrected chi connectivity index (χ4v) is 9.98. The third-order valence-electron chi connectivity index (χ3n) is 15.1. The quantitative estimate of drug-likeness (QED) is 0.0261. The van der Waals surface area contributed by atoms with E-state index < -0.39 is 6.10 Å². The Balaban J connectivity index is 4.31. The molecule has 0 saturated heterocycles. The Morgan fingerprint density at radius 2 is 0.474 bits per heavy atom. The van der Waals surface area contributed by atoms with Gasteiger partial charge in [0, 0.05) is 19.3 Å². The zero-order valence-electron chi connectivity index (χ0n) is 51.0. The number of rotatable bonds is 62. The summed E-state index contributed by atoms with van der Waals surface area (Å²) in [6.45, 7) is 6.65. The maximum atomic E-state index is 12.9. The van der Waals surface area contributed by atoms with Crippen LogP contribution in [0.15, 0.2) is 48.6 Å². The molecule has 1 unspecified atom stereocenters. The molecule has 0 bridgehead atoms. The summed E-state index contributed by atoms with van der Waals surface area (Å²) in [5, 5.41) is 0. The van der Waals surface area contributed by atoms with E-state index in [2.05, 4.69) is 69.4 Å². The number of unbranched alkanes of at least 4 members (excludes halogenated alkanes) is 43. The van der Waals surface area contributed by atoms with E-state index in [0.717, 1.165) is 83.5 Å². The number of allylic oxidation sites excluding steroid dienone is 8. The van der Waals surface area contributed by atoms with Crippen LogP contribution in [0.2, 0.25) is 0 Å². The van der Waals surface area contributed by atoms with Gasteiger partial charge in [-0.25, -0.2) is 0 Å². The highest BCUT2D eigenvalue weighted by Gasteiger charge is 2.19. The number of carbonyl (C=O) groups is 3. The maximum Gasteiger partial charge on any atom is 0.306 e. The molecule has 1 atom stereocenters. The van der Waals surface area contributed by atoms with Gasteiger partial charge >= 0.3 is 17.9 Å². The smallest absolute Gasteiger partial charge is 0.306 e. The predicted molar refractivity (Wildman–Crippen MR) is 330 cm³/mol. The van der Waals surface area contributed by atoms with Crippen molar-refractivity contribution in [3.63, 3.8) is 0 Å². The molecule has 0 heterocycles. The van der Waals surface area contributed by atoms with Gasteiger partial charge in [-0.1, -0.05) is 307 Å². The van der Waals surface area contributed by atoms with Crippen LogP contribution < -0.4 is 0 Å². The molecule has 76 heavy (non-hydrogen) atoms. The standard InChI is InChI=1S/C70H128O6/c1-4-7-10-13-16-19-22-25-28-30-32-34-35-36-38-39-42-45-48-51-54-57-60-63-69(72)75-66-67(65-74-68(71)62-59-56-53-50-47-44-41-27-24-21-18-15-12-9-6-3)76-70(73)64-61-58-55-52-49-46-43-40-37-33-31-29-26-23-20-17-14-11-8-5-2/h18,21-22,25,27,30,32,41,67H,4-17,19-20,23-24,26,28-29,31,33-40,42-66H2,1-3H3/b21-18-,25-22-,32-30-,41-27-. The lowest BCUT2D eigenvalue weighted by Gasteiger charge is -2.18. The van der Waals surface area contributed by atoms with E-state index in [1.54, 1.807) is 0 Å². The molecule has 0 spiro atoms. The second kappa shape index (κ2) is 64.9. The van der Waals surface area contributed by atoms with E-state index in [-0.39, 0.29) is 31.1 Å². The normalized spacial score (nSPS) is 12.3. The minimum Gasteiger partial charge on any atom is -0.462 e. The summed E-state index contributed by atoms with van der Waals surface area (Å²) < 4.78 is 17.0. The second-order valence-corrected chi connectivity index (χ2v) is 22.7. The van der Waals surface area contributed by atoms with E-state index in [4.69, 9.17) is 14.2 Å². The van der Waals surface area contributed by atoms with Crippen LogP contribution in [0, 0.1) is 0 Å². The minimum absolute atomic E-state index is 0.0749. The summed E-state index contributed by atoms with van der Waals surface area (Å²) in [4.78, 5) is 38.4. The predicted octanol–water partition coefficient (Wildman–Crippen LogP) is 22.9. The Labute approximate surface area is 473 Å². The third kappa shape index (κ3) is 62.2. The van der Waals surface area contributed by atoms with Gasteiger partial charge in [-0.15, -0.1) is 0 Å². The molecule has 0 saturated carbocycles. The molecule has 0 aromatic rings. The van der Waals surface area contributed by atoms with Crippen molar-refractivity contribution in [2.24, 2.45) is 0 Å². The van der Waals surface area contributed by atoms with Gasteiger partial charge < -0.3 is 14.2 Å². The number of hydrogen-bond donors (Lipinski definition) is 0. The summed E-state index contributed by atoms with van der Waals surface area (Å²) in [7, 11) is 0. The molecule has 0 aliphatic carbocycles. The van der Waals surface area contributed by atoms with Gasteiger partial charge in [-0.3, -0.25) is 14.4 Å². The summed E-state index contributed by atoms with van der Waals surface area (Å²) in [6, 6.07) is 0. The molecule has 0 radical (unpaired) electrons. The summed E-state index contributed by atoms with van der Waals surface area (Å²) in [6.07, 6.45) is 81.2.